The van der Waals surface area contributed by atoms with Crippen LogP contribution in [0, 0.1) is 0 Å². The number of fused-ring (bicyclic) bond motifs is 2. The van der Waals surface area contributed by atoms with Gasteiger partial charge in [0, 0.05) is 35.1 Å². The summed E-state index contributed by atoms with van der Waals surface area (Å²) in [4.78, 5) is 35.5. The van der Waals surface area contributed by atoms with E-state index in [1.54, 1.807) is 6.92 Å². The molecule has 3 aliphatic heterocycles. The number of hydrogen-bond acceptors (Lipinski definition) is 6. The first-order valence-corrected chi connectivity index (χ1v) is 9.58. The normalized spacial score (nSPS) is 23.7. The van der Waals surface area contributed by atoms with Gasteiger partial charge in [0.15, 0.2) is 5.78 Å². The fraction of sp³-hybridized carbons (Fsp3) is 0.550. The predicted molar refractivity (Wildman–Crippen MR) is 98.7 cm³/mol. The molecule has 2 amide bonds. The molecule has 144 valence electrons. The molecule has 27 heavy (non-hydrogen) atoms. The summed E-state index contributed by atoms with van der Waals surface area (Å²) in [6.45, 7) is 4.46. The number of benzene rings is 1. The third kappa shape index (κ3) is 3.26. The van der Waals surface area contributed by atoms with Crippen LogP contribution in [-0.2, 0) is 21.5 Å². The molecule has 7 heteroatoms. The number of carbonyl (C=O) groups excluding carboxylic acids is 3. The molecule has 2 saturated heterocycles. The minimum Gasteiger partial charge on any atom is -0.492 e. The van der Waals surface area contributed by atoms with E-state index in [1.165, 1.54) is 5.56 Å². The van der Waals surface area contributed by atoms with E-state index in [0.717, 1.165) is 37.2 Å². The number of ether oxygens (including phenoxy) is 1. The van der Waals surface area contributed by atoms with Gasteiger partial charge in [-0.25, -0.2) is 0 Å². The Labute approximate surface area is 158 Å². The number of piperidine rings is 2. The molecule has 0 radical (unpaired) electrons. The standard InChI is InChI=1S/C20H25N3O4/c1-12(24)13-2-3-15-18(27-11-20(15)6-8-21-9-7-20)14(13)10-22-16-4-5-17(25)23-19(16)26/h2-3,16,21-22H,4-11H2,1H3,(H,23,25,26)/t16-/m0/s1. The number of nitrogens with one attached hydrogen (secondary N) is 3. The van der Waals surface area contributed by atoms with Crippen LogP contribution in [-0.4, -0.2) is 43.3 Å². The van der Waals surface area contributed by atoms with Crippen LogP contribution in [0.15, 0.2) is 12.1 Å². The predicted octanol–water partition coefficient (Wildman–Crippen LogP) is 0.798. The summed E-state index contributed by atoms with van der Waals surface area (Å²) in [6, 6.07) is 3.49. The van der Waals surface area contributed by atoms with E-state index >= 15 is 0 Å². The smallest absolute Gasteiger partial charge is 0.243 e. The average Bonchev–Trinajstić information content (AvgIpc) is 2.99. The van der Waals surface area contributed by atoms with Gasteiger partial charge in [-0.2, -0.15) is 0 Å². The first-order chi connectivity index (χ1) is 13.0. The van der Waals surface area contributed by atoms with Gasteiger partial charge in [-0.1, -0.05) is 12.1 Å². The van der Waals surface area contributed by atoms with Gasteiger partial charge in [-0.3, -0.25) is 19.7 Å². The first-order valence-electron chi connectivity index (χ1n) is 9.58. The molecule has 7 nitrogen and oxygen atoms in total. The Kier molecular flexibility index (Phi) is 4.74. The van der Waals surface area contributed by atoms with Crippen molar-refractivity contribution in [3.05, 3.63) is 28.8 Å². The fourth-order valence-corrected chi connectivity index (χ4v) is 4.44. The monoisotopic (exact) mass is 371 g/mol. The number of ketones is 1. The van der Waals surface area contributed by atoms with Gasteiger partial charge in [0.2, 0.25) is 11.8 Å². The number of hydrogen-bond donors (Lipinski definition) is 3. The van der Waals surface area contributed by atoms with E-state index in [1.807, 2.05) is 12.1 Å². The van der Waals surface area contributed by atoms with E-state index < -0.39 is 6.04 Å². The van der Waals surface area contributed by atoms with E-state index in [9.17, 15) is 14.4 Å². The second-order valence-corrected chi connectivity index (χ2v) is 7.73. The minimum atomic E-state index is -0.437. The molecule has 0 bridgehead atoms. The maximum atomic E-state index is 12.2. The summed E-state index contributed by atoms with van der Waals surface area (Å²) in [5.41, 5.74) is 2.63. The maximum absolute atomic E-state index is 12.2. The van der Waals surface area contributed by atoms with E-state index in [-0.39, 0.29) is 23.0 Å². The Morgan fingerprint density at radius 2 is 2.07 bits per heavy atom. The van der Waals surface area contributed by atoms with Crippen LogP contribution in [0.2, 0.25) is 0 Å². The summed E-state index contributed by atoms with van der Waals surface area (Å²) in [7, 11) is 0. The summed E-state index contributed by atoms with van der Waals surface area (Å²) in [5, 5.41) is 8.97. The molecule has 1 aromatic carbocycles. The molecular formula is C20H25N3O4. The summed E-state index contributed by atoms with van der Waals surface area (Å²) in [6.07, 6.45) is 2.81. The Morgan fingerprint density at radius 3 is 2.78 bits per heavy atom. The van der Waals surface area contributed by atoms with Gasteiger partial charge in [0.05, 0.1) is 12.6 Å². The van der Waals surface area contributed by atoms with Gasteiger partial charge in [-0.15, -0.1) is 0 Å². The highest BCUT2D eigenvalue weighted by atomic mass is 16.5. The third-order valence-electron chi connectivity index (χ3n) is 6.03. The fourth-order valence-electron chi connectivity index (χ4n) is 4.44. The zero-order chi connectivity index (χ0) is 19.0. The van der Waals surface area contributed by atoms with Gasteiger partial charge in [-0.05, 0) is 39.3 Å². The lowest BCUT2D eigenvalue weighted by molar-refractivity contribution is -0.134. The number of amides is 2. The van der Waals surface area contributed by atoms with Crippen molar-refractivity contribution in [2.24, 2.45) is 0 Å². The van der Waals surface area contributed by atoms with Crippen LogP contribution in [0.5, 0.6) is 5.75 Å². The molecule has 1 aromatic rings. The molecule has 1 atom stereocenters. The van der Waals surface area contributed by atoms with Gasteiger partial charge in [0.25, 0.3) is 0 Å². The van der Waals surface area contributed by atoms with Crippen LogP contribution in [0.1, 0.15) is 54.1 Å². The molecule has 3 heterocycles. The lowest BCUT2D eigenvalue weighted by Gasteiger charge is -2.32. The van der Waals surface area contributed by atoms with Crippen molar-refractivity contribution < 1.29 is 19.1 Å². The quantitative estimate of drug-likeness (QED) is 0.535. The Bertz CT molecular complexity index is 799. The summed E-state index contributed by atoms with van der Waals surface area (Å²) in [5.74, 6) is 0.232. The van der Waals surface area contributed by atoms with Crippen LogP contribution >= 0.6 is 0 Å². The number of Topliss-reactive ketones (excluding diaryl/α,β-unsaturated/α-hetero) is 1. The van der Waals surface area contributed by atoms with Gasteiger partial charge >= 0.3 is 0 Å². The number of carbonyl (C=O) groups is 3. The highest BCUT2D eigenvalue weighted by Crippen LogP contribution is 2.47. The molecule has 0 unspecified atom stereocenters. The molecule has 3 aliphatic rings. The van der Waals surface area contributed by atoms with E-state index in [0.29, 0.717) is 31.6 Å². The molecule has 3 N–H and O–H groups in total. The largest absolute Gasteiger partial charge is 0.492 e. The van der Waals surface area contributed by atoms with Crippen LogP contribution < -0.4 is 20.7 Å². The average molecular weight is 371 g/mol. The highest BCUT2D eigenvalue weighted by Gasteiger charge is 2.43. The van der Waals surface area contributed by atoms with Crippen LogP contribution in [0.3, 0.4) is 0 Å². The van der Waals surface area contributed by atoms with Crippen molar-refractivity contribution >= 4 is 17.6 Å². The zero-order valence-electron chi connectivity index (χ0n) is 15.5. The third-order valence-corrected chi connectivity index (χ3v) is 6.03. The molecule has 1 spiro atoms. The van der Waals surface area contributed by atoms with Gasteiger partial charge < -0.3 is 15.4 Å². The van der Waals surface area contributed by atoms with E-state index in [2.05, 4.69) is 16.0 Å². The van der Waals surface area contributed by atoms with Crippen molar-refractivity contribution in [2.45, 2.75) is 50.6 Å². The lowest BCUT2D eigenvalue weighted by Crippen LogP contribution is -2.50. The SMILES string of the molecule is CC(=O)c1ccc2c(c1CN[C@H]1CCC(=O)NC1=O)OCC21CCNCC1. The van der Waals surface area contributed by atoms with Crippen molar-refractivity contribution in [3.8, 4) is 5.75 Å². The van der Waals surface area contributed by atoms with E-state index in [4.69, 9.17) is 4.74 Å². The molecule has 0 aliphatic carbocycles. The molecular weight excluding hydrogens is 346 g/mol. The molecule has 4 rings (SSSR count). The minimum absolute atomic E-state index is 0.0132. The summed E-state index contributed by atoms with van der Waals surface area (Å²) >= 11 is 0. The second kappa shape index (κ2) is 7.05. The van der Waals surface area contributed by atoms with Crippen LogP contribution in [0.4, 0.5) is 0 Å². The molecule has 0 saturated carbocycles. The van der Waals surface area contributed by atoms with Crippen molar-refractivity contribution in [3.63, 3.8) is 0 Å². The number of imide groups is 1. The van der Waals surface area contributed by atoms with Crippen molar-refractivity contribution in [1.29, 1.82) is 0 Å². The maximum Gasteiger partial charge on any atom is 0.243 e. The van der Waals surface area contributed by atoms with Crippen molar-refractivity contribution in [1.82, 2.24) is 16.0 Å². The Hall–Kier alpha value is -2.25. The van der Waals surface area contributed by atoms with Gasteiger partial charge in [0.1, 0.15) is 5.75 Å². The zero-order valence-corrected chi connectivity index (χ0v) is 15.5. The van der Waals surface area contributed by atoms with Crippen LogP contribution in [0.25, 0.3) is 0 Å². The lowest BCUT2D eigenvalue weighted by atomic mass is 9.74. The first kappa shape index (κ1) is 18.1. The Balaban J connectivity index is 1.62. The van der Waals surface area contributed by atoms with Crippen molar-refractivity contribution in [2.75, 3.05) is 19.7 Å². The molecule has 0 aromatic heterocycles. The topological polar surface area (TPSA) is 96.5 Å². The molecule has 2 fully saturated rings. The second-order valence-electron chi connectivity index (χ2n) is 7.73. The Morgan fingerprint density at radius 1 is 1.30 bits per heavy atom. The highest BCUT2D eigenvalue weighted by molar-refractivity contribution is 6.00. The number of rotatable bonds is 4. The summed E-state index contributed by atoms with van der Waals surface area (Å²) < 4.78 is 6.12.